The minimum absolute atomic E-state index is 0.0207. The van der Waals surface area contributed by atoms with E-state index >= 15 is 0 Å². The summed E-state index contributed by atoms with van der Waals surface area (Å²) in [6.45, 7) is -0.334. The number of para-hydroxylation sites is 1. The highest BCUT2D eigenvalue weighted by molar-refractivity contribution is 6.02. The molecule has 35 heavy (non-hydrogen) atoms. The maximum absolute atomic E-state index is 13.0. The highest BCUT2D eigenvalue weighted by atomic mass is 16.6. The fraction of sp³-hybridized carbons (Fsp3) is 0.0417. The Balaban J connectivity index is 1.40. The van der Waals surface area contributed by atoms with E-state index < -0.39 is 10.9 Å². The van der Waals surface area contributed by atoms with Gasteiger partial charge in [-0.1, -0.05) is 36.4 Å². The van der Waals surface area contributed by atoms with Gasteiger partial charge in [-0.25, -0.2) is 4.79 Å². The Kier molecular flexibility index (Phi) is 5.55. The molecule has 2 heterocycles. The Morgan fingerprint density at radius 3 is 2.34 bits per heavy atom. The van der Waals surface area contributed by atoms with Crippen LogP contribution in [0.5, 0.6) is 0 Å². The summed E-state index contributed by atoms with van der Waals surface area (Å²) >= 11 is 0. The lowest BCUT2D eigenvalue weighted by molar-refractivity contribution is -0.384. The van der Waals surface area contributed by atoms with Gasteiger partial charge in [-0.3, -0.25) is 14.9 Å². The Morgan fingerprint density at radius 2 is 1.63 bits per heavy atom. The summed E-state index contributed by atoms with van der Waals surface area (Å²) < 4.78 is 12.0. The molecular weight excluding hydrogens is 454 g/mol. The van der Waals surface area contributed by atoms with Crippen molar-refractivity contribution in [3.05, 3.63) is 111 Å². The number of nitro benzene ring substituents is 1. The van der Waals surface area contributed by atoms with Gasteiger partial charge in [0.15, 0.2) is 12.3 Å². The molecule has 0 bridgehead atoms. The van der Waals surface area contributed by atoms with Crippen molar-refractivity contribution in [2.75, 3.05) is 0 Å². The van der Waals surface area contributed by atoms with Gasteiger partial charge >= 0.3 is 5.97 Å². The standard InChI is InChI=1S/C24H15N5O6/c30-23-19-9-5-4-8-18(19)21(27-28(23)16-6-2-1-3-7-16)24(31)34-14-20-25-26-22(35-20)15-10-12-17(13-11-15)29(32)33/h1-13H,14H2. The van der Waals surface area contributed by atoms with Crippen LogP contribution >= 0.6 is 0 Å². The van der Waals surface area contributed by atoms with Gasteiger partial charge in [-0.05, 0) is 30.3 Å². The molecule has 5 rings (SSSR count). The number of carbonyl (C=O) groups is 1. The molecule has 0 radical (unpaired) electrons. The molecule has 0 fully saturated rings. The van der Waals surface area contributed by atoms with Crippen molar-refractivity contribution in [3.63, 3.8) is 0 Å². The Labute approximate surface area is 196 Å². The number of nitrogens with zero attached hydrogens (tertiary/aromatic N) is 5. The van der Waals surface area contributed by atoms with Crippen LogP contribution in [-0.4, -0.2) is 30.9 Å². The summed E-state index contributed by atoms with van der Waals surface area (Å²) in [5, 5.41) is 23.5. The number of ether oxygens (including phenoxy) is 1. The molecule has 172 valence electrons. The number of rotatable bonds is 6. The summed E-state index contributed by atoms with van der Waals surface area (Å²) in [5.74, 6) is -0.638. The first-order valence-corrected chi connectivity index (χ1v) is 10.3. The van der Waals surface area contributed by atoms with Crippen LogP contribution in [0.1, 0.15) is 16.4 Å². The normalized spacial score (nSPS) is 10.9. The van der Waals surface area contributed by atoms with Crippen molar-refractivity contribution in [1.29, 1.82) is 0 Å². The number of non-ortho nitro benzene ring substituents is 1. The minimum Gasteiger partial charge on any atom is -0.451 e. The van der Waals surface area contributed by atoms with Crippen LogP contribution in [0.2, 0.25) is 0 Å². The molecule has 0 aliphatic carbocycles. The zero-order chi connectivity index (χ0) is 24.4. The summed E-state index contributed by atoms with van der Waals surface area (Å²) in [6, 6.07) is 21.0. The maximum atomic E-state index is 13.0. The van der Waals surface area contributed by atoms with Crippen LogP contribution in [0.15, 0.2) is 88.1 Å². The van der Waals surface area contributed by atoms with Crippen molar-refractivity contribution in [2.24, 2.45) is 0 Å². The fourth-order valence-electron chi connectivity index (χ4n) is 3.43. The monoisotopic (exact) mass is 469 g/mol. The highest BCUT2D eigenvalue weighted by Crippen LogP contribution is 2.22. The summed E-state index contributed by atoms with van der Waals surface area (Å²) in [5.41, 5.74) is 0.497. The second-order valence-electron chi connectivity index (χ2n) is 7.33. The lowest BCUT2D eigenvalue weighted by atomic mass is 10.1. The predicted molar refractivity (Wildman–Crippen MR) is 123 cm³/mol. The Morgan fingerprint density at radius 1 is 0.943 bits per heavy atom. The smallest absolute Gasteiger partial charge is 0.359 e. The third-order valence-electron chi connectivity index (χ3n) is 5.12. The number of carbonyl (C=O) groups excluding carboxylic acids is 1. The van der Waals surface area contributed by atoms with E-state index in [1.165, 1.54) is 24.3 Å². The number of aromatic nitrogens is 4. The number of benzene rings is 3. The van der Waals surface area contributed by atoms with Crippen LogP contribution < -0.4 is 5.56 Å². The van der Waals surface area contributed by atoms with Crippen molar-refractivity contribution in [2.45, 2.75) is 6.61 Å². The third kappa shape index (κ3) is 4.25. The molecule has 0 saturated heterocycles. The number of esters is 1. The molecule has 0 aliphatic rings. The molecule has 0 N–H and O–H groups in total. The quantitative estimate of drug-likeness (QED) is 0.206. The molecule has 0 unspecified atom stereocenters. The molecule has 0 spiro atoms. The van der Waals surface area contributed by atoms with Gasteiger partial charge in [-0.2, -0.15) is 9.78 Å². The molecule has 0 saturated carbocycles. The van der Waals surface area contributed by atoms with Crippen LogP contribution in [0, 0.1) is 10.1 Å². The first-order chi connectivity index (χ1) is 17.0. The van der Waals surface area contributed by atoms with E-state index in [-0.39, 0.29) is 35.3 Å². The lowest BCUT2D eigenvalue weighted by Crippen LogP contribution is -2.25. The number of fused-ring (bicyclic) bond motifs is 1. The van der Waals surface area contributed by atoms with Crippen LogP contribution in [-0.2, 0) is 11.3 Å². The lowest BCUT2D eigenvalue weighted by Gasteiger charge is -2.10. The zero-order valence-corrected chi connectivity index (χ0v) is 17.9. The topological polar surface area (TPSA) is 143 Å². The van der Waals surface area contributed by atoms with Crippen molar-refractivity contribution >= 4 is 22.4 Å². The van der Waals surface area contributed by atoms with E-state index in [9.17, 15) is 19.7 Å². The largest absolute Gasteiger partial charge is 0.451 e. The third-order valence-corrected chi connectivity index (χ3v) is 5.12. The van der Waals surface area contributed by atoms with E-state index in [1.54, 1.807) is 54.6 Å². The molecule has 0 amide bonds. The van der Waals surface area contributed by atoms with Gasteiger partial charge in [0.1, 0.15) is 0 Å². The summed E-state index contributed by atoms with van der Waals surface area (Å²) in [7, 11) is 0. The molecule has 0 atom stereocenters. The second kappa shape index (κ2) is 8.98. The van der Waals surface area contributed by atoms with Crippen molar-refractivity contribution < 1.29 is 18.9 Å². The van der Waals surface area contributed by atoms with E-state index in [4.69, 9.17) is 9.15 Å². The van der Waals surface area contributed by atoms with Gasteiger partial charge in [0.2, 0.25) is 5.89 Å². The fourth-order valence-corrected chi connectivity index (χ4v) is 3.43. The molecule has 0 aliphatic heterocycles. The molecule has 5 aromatic rings. The van der Waals surface area contributed by atoms with Crippen molar-refractivity contribution in [1.82, 2.24) is 20.0 Å². The van der Waals surface area contributed by atoms with Gasteiger partial charge in [0.05, 0.1) is 16.0 Å². The van der Waals surface area contributed by atoms with Gasteiger partial charge in [0.25, 0.3) is 17.1 Å². The molecule has 11 heteroatoms. The predicted octanol–water partition coefficient (Wildman–Crippen LogP) is 3.70. The van der Waals surface area contributed by atoms with E-state index in [0.29, 0.717) is 22.0 Å². The summed E-state index contributed by atoms with van der Waals surface area (Å²) in [6.07, 6.45) is 0. The first kappa shape index (κ1) is 21.6. The van der Waals surface area contributed by atoms with Crippen LogP contribution in [0.3, 0.4) is 0 Å². The molecule has 3 aromatic carbocycles. The summed E-state index contributed by atoms with van der Waals surface area (Å²) in [4.78, 5) is 36.2. The van der Waals surface area contributed by atoms with Gasteiger partial charge in [-0.15, -0.1) is 10.2 Å². The Bertz CT molecular complexity index is 1610. The zero-order valence-electron chi connectivity index (χ0n) is 17.9. The SMILES string of the molecule is O=C(OCc1nnc(-c2ccc([N+](=O)[O-])cc2)o1)c1nn(-c2ccccc2)c(=O)c2ccccc12. The number of hydrogen-bond donors (Lipinski definition) is 0. The second-order valence-corrected chi connectivity index (χ2v) is 7.33. The van der Waals surface area contributed by atoms with Gasteiger partial charge < -0.3 is 9.15 Å². The minimum atomic E-state index is -0.777. The van der Waals surface area contributed by atoms with Crippen molar-refractivity contribution in [3.8, 4) is 17.1 Å². The van der Waals surface area contributed by atoms with Gasteiger partial charge in [0, 0.05) is 23.1 Å². The number of nitro groups is 1. The van der Waals surface area contributed by atoms with Crippen LogP contribution in [0.4, 0.5) is 5.69 Å². The Hall–Kier alpha value is -5.19. The average Bonchev–Trinajstić information content (AvgIpc) is 3.37. The van der Waals surface area contributed by atoms with E-state index in [2.05, 4.69) is 15.3 Å². The van der Waals surface area contributed by atoms with Crippen LogP contribution in [0.25, 0.3) is 27.9 Å². The average molecular weight is 469 g/mol. The highest BCUT2D eigenvalue weighted by Gasteiger charge is 2.20. The van der Waals surface area contributed by atoms with E-state index in [0.717, 1.165) is 4.68 Å². The van der Waals surface area contributed by atoms with E-state index in [1.807, 2.05) is 0 Å². The maximum Gasteiger partial charge on any atom is 0.359 e. The molecular formula is C24H15N5O6. The molecule has 2 aromatic heterocycles. The number of hydrogen-bond acceptors (Lipinski definition) is 9. The first-order valence-electron chi connectivity index (χ1n) is 10.3. The molecule has 11 nitrogen and oxygen atoms in total.